The number of thioether (sulfide) groups is 1. The lowest BCUT2D eigenvalue weighted by Gasteiger charge is -2.09. The van der Waals surface area contributed by atoms with Gasteiger partial charge in [-0.15, -0.1) is 11.8 Å². The van der Waals surface area contributed by atoms with E-state index < -0.39 is 0 Å². The summed E-state index contributed by atoms with van der Waals surface area (Å²) in [5.74, 6) is 1.86. The lowest BCUT2D eigenvalue weighted by molar-refractivity contribution is 0.628. The van der Waals surface area contributed by atoms with Crippen LogP contribution < -0.4 is 5.56 Å². The Morgan fingerprint density at radius 2 is 2.05 bits per heavy atom. The summed E-state index contributed by atoms with van der Waals surface area (Å²) in [7, 11) is 0. The number of aryl methyl sites for hydroxylation is 1. The second-order valence-corrected chi connectivity index (χ2v) is 7.24. The summed E-state index contributed by atoms with van der Waals surface area (Å²) >= 11 is 5.03. The smallest absolute Gasteiger partial charge is 0.265 e. The number of aromatic nitrogens is 2. The molecule has 0 aliphatic heterocycles. The minimum absolute atomic E-state index is 0.0963. The van der Waals surface area contributed by atoms with Crippen LogP contribution in [0.2, 0.25) is 0 Å². The van der Waals surface area contributed by atoms with Crippen LogP contribution in [0.25, 0.3) is 0 Å². The van der Waals surface area contributed by atoms with Crippen molar-refractivity contribution in [1.29, 1.82) is 0 Å². The van der Waals surface area contributed by atoms with Gasteiger partial charge in [0.15, 0.2) is 0 Å². The molecule has 0 unspecified atom stereocenters. The predicted molar refractivity (Wildman–Crippen MR) is 91.8 cm³/mol. The van der Waals surface area contributed by atoms with Crippen molar-refractivity contribution >= 4 is 27.7 Å². The van der Waals surface area contributed by atoms with E-state index in [0.717, 1.165) is 17.9 Å². The van der Waals surface area contributed by atoms with Crippen molar-refractivity contribution in [1.82, 2.24) is 9.97 Å². The van der Waals surface area contributed by atoms with Crippen LogP contribution in [0.4, 0.5) is 0 Å². The molecule has 0 bridgehead atoms. The molecule has 0 radical (unpaired) electrons. The van der Waals surface area contributed by atoms with Crippen molar-refractivity contribution in [3.05, 3.63) is 56.2 Å². The van der Waals surface area contributed by atoms with Crippen molar-refractivity contribution in [3.63, 3.8) is 0 Å². The van der Waals surface area contributed by atoms with Crippen molar-refractivity contribution in [2.45, 2.75) is 37.8 Å². The monoisotopic (exact) mass is 366 g/mol. The molecule has 0 aliphatic rings. The van der Waals surface area contributed by atoms with E-state index in [1.807, 2.05) is 12.1 Å². The summed E-state index contributed by atoms with van der Waals surface area (Å²) in [6.07, 6.45) is 0.798. The van der Waals surface area contributed by atoms with E-state index in [0.29, 0.717) is 16.1 Å². The lowest BCUT2D eigenvalue weighted by Crippen LogP contribution is -2.16. The molecule has 112 valence electrons. The van der Waals surface area contributed by atoms with Crippen LogP contribution in [0.1, 0.15) is 30.9 Å². The summed E-state index contributed by atoms with van der Waals surface area (Å²) in [6, 6.07) is 8.23. The maximum atomic E-state index is 12.0. The molecule has 1 aromatic carbocycles. The molecular weight excluding hydrogens is 348 g/mol. The molecule has 0 amide bonds. The summed E-state index contributed by atoms with van der Waals surface area (Å²) in [5.41, 5.74) is 1.99. The van der Waals surface area contributed by atoms with Gasteiger partial charge in [-0.1, -0.05) is 32.0 Å². The maximum absolute atomic E-state index is 12.0. The number of halogens is 1. The third kappa shape index (κ3) is 4.45. The van der Waals surface area contributed by atoms with Crippen LogP contribution >= 0.6 is 27.7 Å². The molecule has 0 aliphatic carbocycles. The standard InChI is InChI=1S/C16H19BrN2OS/c1-10(2)8-12-15(17)16(20)19-14(18-12)9-21-13-7-5-4-6-11(13)3/h4-7,10H,8-9H2,1-3H3,(H,18,19,20). The summed E-state index contributed by atoms with van der Waals surface area (Å²) in [5, 5.41) is 0. The van der Waals surface area contributed by atoms with E-state index in [-0.39, 0.29) is 5.56 Å². The van der Waals surface area contributed by atoms with E-state index in [4.69, 9.17) is 0 Å². The first-order chi connectivity index (χ1) is 9.97. The summed E-state index contributed by atoms with van der Waals surface area (Å²) in [4.78, 5) is 20.6. The highest BCUT2D eigenvalue weighted by Crippen LogP contribution is 2.25. The van der Waals surface area contributed by atoms with Crippen molar-refractivity contribution in [2.24, 2.45) is 5.92 Å². The fourth-order valence-electron chi connectivity index (χ4n) is 2.01. The van der Waals surface area contributed by atoms with Crippen LogP contribution in [0, 0.1) is 12.8 Å². The van der Waals surface area contributed by atoms with Gasteiger partial charge in [0, 0.05) is 4.90 Å². The number of aromatic amines is 1. The Labute approximate surface area is 137 Å². The summed E-state index contributed by atoms with van der Waals surface area (Å²) in [6.45, 7) is 6.33. The van der Waals surface area contributed by atoms with E-state index in [1.54, 1.807) is 11.8 Å². The minimum Gasteiger partial charge on any atom is -0.309 e. The Kier molecular flexibility index (Phi) is 5.65. The third-order valence-electron chi connectivity index (χ3n) is 3.04. The molecule has 5 heteroatoms. The molecule has 2 rings (SSSR count). The molecule has 1 N–H and O–H groups in total. The average molecular weight is 367 g/mol. The first-order valence-corrected chi connectivity index (χ1v) is 8.71. The molecule has 2 aromatic rings. The molecular formula is C16H19BrN2OS. The second-order valence-electron chi connectivity index (χ2n) is 5.43. The van der Waals surface area contributed by atoms with Crippen molar-refractivity contribution < 1.29 is 0 Å². The minimum atomic E-state index is -0.0963. The largest absolute Gasteiger partial charge is 0.309 e. The van der Waals surface area contributed by atoms with Gasteiger partial charge in [0.25, 0.3) is 5.56 Å². The number of hydrogen-bond donors (Lipinski definition) is 1. The number of benzene rings is 1. The van der Waals surface area contributed by atoms with Gasteiger partial charge in [-0.3, -0.25) is 4.79 Å². The number of hydrogen-bond acceptors (Lipinski definition) is 3. The zero-order valence-corrected chi connectivity index (χ0v) is 14.8. The van der Waals surface area contributed by atoms with Gasteiger partial charge in [-0.2, -0.15) is 0 Å². The molecule has 1 heterocycles. The highest BCUT2D eigenvalue weighted by molar-refractivity contribution is 9.10. The topological polar surface area (TPSA) is 45.8 Å². The number of nitrogens with one attached hydrogen (secondary N) is 1. The fourth-order valence-corrected chi connectivity index (χ4v) is 3.26. The van der Waals surface area contributed by atoms with Gasteiger partial charge in [-0.25, -0.2) is 4.98 Å². The normalized spacial score (nSPS) is 11.1. The van der Waals surface area contributed by atoms with E-state index >= 15 is 0 Å². The predicted octanol–water partition coefficient (Wildman–Crippen LogP) is 4.33. The average Bonchev–Trinajstić information content (AvgIpc) is 2.42. The molecule has 0 saturated heterocycles. The molecule has 21 heavy (non-hydrogen) atoms. The summed E-state index contributed by atoms with van der Waals surface area (Å²) < 4.78 is 0.556. The Morgan fingerprint density at radius 3 is 2.71 bits per heavy atom. The highest BCUT2D eigenvalue weighted by Gasteiger charge is 2.11. The molecule has 0 fully saturated rings. The van der Waals surface area contributed by atoms with Gasteiger partial charge in [0.2, 0.25) is 0 Å². The number of nitrogens with zero attached hydrogens (tertiary/aromatic N) is 1. The fraction of sp³-hybridized carbons (Fsp3) is 0.375. The van der Waals surface area contributed by atoms with Gasteiger partial charge >= 0.3 is 0 Å². The van der Waals surface area contributed by atoms with Gasteiger partial charge < -0.3 is 4.98 Å². The quantitative estimate of drug-likeness (QED) is 0.800. The Hall–Kier alpha value is -1.07. The van der Waals surface area contributed by atoms with Crippen LogP contribution in [0.15, 0.2) is 38.4 Å². The first kappa shape index (κ1) is 16.3. The SMILES string of the molecule is Cc1ccccc1SCc1nc(CC(C)C)c(Br)c(=O)[nH]1. The molecule has 1 aromatic heterocycles. The molecule has 0 spiro atoms. The maximum Gasteiger partial charge on any atom is 0.265 e. The van der Waals surface area contributed by atoms with Crippen LogP contribution in [0.5, 0.6) is 0 Å². The highest BCUT2D eigenvalue weighted by atomic mass is 79.9. The Balaban J connectivity index is 2.19. The van der Waals surface area contributed by atoms with Crippen molar-refractivity contribution in [2.75, 3.05) is 0 Å². The number of rotatable bonds is 5. The molecule has 0 saturated carbocycles. The van der Waals surface area contributed by atoms with E-state index in [2.05, 4.69) is 58.8 Å². The molecule has 3 nitrogen and oxygen atoms in total. The zero-order valence-electron chi connectivity index (χ0n) is 12.4. The Morgan fingerprint density at radius 1 is 1.33 bits per heavy atom. The van der Waals surface area contributed by atoms with Gasteiger partial charge in [0.05, 0.1) is 11.4 Å². The Bertz CT molecular complexity index is 682. The van der Waals surface area contributed by atoms with Crippen LogP contribution in [-0.4, -0.2) is 9.97 Å². The van der Waals surface area contributed by atoms with Gasteiger partial charge in [0.1, 0.15) is 10.3 Å². The van der Waals surface area contributed by atoms with Crippen LogP contribution in [0.3, 0.4) is 0 Å². The van der Waals surface area contributed by atoms with Gasteiger partial charge in [-0.05, 0) is 46.8 Å². The third-order valence-corrected chi connectivity index (χ3v) is 5.04. The molecule has 0 atom stereocenters. The van der Waals surface area contributed by atoms with Crippen LogP contribution in [-0.2, 0) is 12.2 Å². The number of H-pyrrole nitrogens is 1. The second kappa shape index (κ2) is 7.27. The van der Waals surface area contributed by atoms with E-state index in [9.17, 15) is 4.79 Å². The van der Waals surface area contributed by atoms with Crippen molar-refractivity contribution in [3.8, 4) is 0 Å². The van der Waals surface area contributed by atoms with E-state index in [1.165, 1.54) is 10.5 Å². The zero-order chi connectivity index (χ0) is 15.4. The lowest BCUT2D eigenvalue weighted by atomic mass is 10.1. The first-order valence-electron chi connectivity index (χ1n) is 6.93.